The zero-order chi connectivity index (χ0) is 19.6. The van der Waals surface area contributed by atoms with Gasteiger partial charge in [-0.25, -0.2) is 4.99 Å². The van der Waals surface area contributed by atoms with Crippen molar-refractivity contribution in [2.75, 3.05) is 34.3 Å². The van der Waals surface area contributed by atoms with Crippen LogP contribution in [0.15, 0.2) is 29.3 Å². The Bertz CT molecular complexity index is 613. The fraction of sp³-hybridized carbons (Fsp3) is 0.619. The van der Waals surface area contributed by atoms with Gasteiger partial charge in [0, 0.05) is 26.7 Å². The maximum absolute atomic E-state index is 11.9. The Morgan fingerprint density at radius 1 is 1.22 bits per heavy atom. The number of amides is 1. The first kappa shape index (κ1) is 21.1. The Morgan fingerprint density at radius 2 is 1.93 bits per heavy atom. The van der Waals surface area contributed by atoms with E-state index in [9.17, 15) is 4.79 Å². The van der Waals surface area contributed by atoms with Gasteiger partial charge in [-0.05, 0) is 42.9 Å². The van der Waals surface area contributed by atoms with Crippen LogP contribution in [0.2, 0.25) is 0 Å². The van der Waals surface area contributed by atoms with Gasteiger partial charge in [-0.15, -0.1) is 0 Å². The van der Waals surface area contributed by atoms with Crippen molar-refractivity contribution in [2.24, 2.45) is 10.9 Å². The van der Waals surface area contributed by atoms with Gasteiger partial charge in [-0.2, -0.15) is 0 Å². The second-order valence-corrected chi connectivity index (χ2v) is 7.49. The molecule has 1 aromatic carbocycles. The van der Waals surface area contributed by atoms with Crippen molar-refractivity contribution in [2.45, 2.75) is 45.1 Å². The largest absolute Gasteiger partial charge is 0.497 e. The van der Waals surface area contributed by atoms with Crippen LogP contribution >= 0.6 is 0 Å². The fourth-order valence-corrected chi connectivity index (χ4v) is 3.26. The van der Waals surface area contributed by atoms with Crippen molar-refractivity contribution in [3.05, 3.63) is 29.8 Å². The van der Waals surface area contributed by atoms with Crippen LogP contribution < -0.4 is 15.4 Å². The number of hydrogen-bond donors (Lipinski definition) is 2. The van der Waals surface area contributed by atoms with Crippen LogP contribution in [0, 0.1) is 5.92 Å². The molecule has 1 fully saturated rings. The first-order valence-electron chi connectivity index (χ1n) is 9.87. The van der Waals surface area contributed by atoms with Crippen molar-refractivity contribution in [3.63, 3.8) is 0 Å². The van der Waals surface area contributed by atoms with Gasteiger partial charge in [-0.3, -0.25) is 4.79 Å². The van der Waals surface area contributed by atoms with E-state index in [0.29, 0.717) is 12.0 Å². The lowest BCUT2D eigenvalue weighted by Crippen LogP contribution is -2.48. The molecule has 1 aliphatic carbocycles. The van der Waals surface area contributed by atoms with Crippen molar-refractivity contribution in [1.82, 2.24) is 15.5 Å². The molecule has 2 rings (SSSR count). The molecule has 1 aromatic rings. The van der Waals surface area contributed by atoms with Gasteiger partial charge in [0.1, 0.15) is 12.3 Å². The number of methoxy groups -OCH3 is 1. The van der Waals surface area contributed by atoms with Gasteiger partial charge in [0.05, 0.1) is 7.11 Å². The highest BCUT2D eigenvalue weighted by Gasteiger charge is 2.22. The lowest BCUT2D eigenvalue weighted by Gasteiger charge is -2.31. The SMILES string of the molecule is COc1ccc(CCNC(=NCC(=O)N(C)C)NC2CCCCC2C)cc1. The van der Waals surface area contributed by atoms with E-state index in [-0.39, 0.29) is 12.5 Å². The molecular weight excluding hydrogens is 340 g/mol. The molecule has 2 N–H and O–H groups in total. The average molecular weight is 375 g/mol. The van der Waals surface area contributed by atoms with Gasteiger partial charge in [0.2, 0.25) is 5.91 Å². The molecule has 0 aromatic heterocycles. The number of hydrogen-bond acceptors (Lipinski definition) is 3. The minimum absolute atomic E-state index is 0.00273. The summed E-state index contributed by atoms with van der Waals surface area (Å²) in [5.41, 5.74) is 1.23. The van der Waals surface area contributed by atoms with Gasteiger partial charge < -0.3 is 20.3 Å². The number of ether oxygens (including phenoxy) is 1. The molecule has 150 valence electrons. The van der Waals surface area contributed by atoms with E-state index in [1.165, 1.54) is 24.8 Å². The Labute approximate surface area is 163 Å². The Kier molecular flexibility index (Phi) is 8.43. The van der Waals surface area contributed by atoms with Gasteiger partial charge >= 0.3 is 0 Å². The van der Waals surface area contributed by atoms with Crippen LogP contribution in [0.5, 0.6) is 5.75 Å². The maximum Gasteiger partial charge on any atom is 0.243 e. The lowest BCUT2D eigenvalue weighted by molar-refractivity contribution is -0.127. The minimum Gasteiger partial charge on any atom is -0.497 e. The molecule has 0 aliphatic heterocycles. The highest BCUT2D eigenvalue weighted by molar-refractivity contribution is 5.85. The number of rotatable bonds is 7. The summed E-state index contributed by atoms with van der Waals surface area (Å²) in [4.78, 5) is 18.0. The molecule has 1 saturated carbocycles. The quantitative estimate of drug-likeness (QED) is 0.568. The maximum atomic E-state index is 11.9. The molecule has 2 unspecified atom stereocenters. The third kappa shape index (κ3) is 7.12. The summed E-state index contributed by atoms with van der Waals surface area (Å²) in [5, 5.41) is 6.95. The standard InChI is InChI=1S/C21H34N4O2/c1-16-7-5-6-8-19(16)24-21(23-15-20(26)25(2)3)22-14-13-17-9-11-18(27-4)12-10-17/h9-12,16,19H,5-8,13-15H2,1-4H3,(H2,22,23,24). The number of guanidine groups is 1. The summed E-state index contributed by atoms with van der Waals surface area (Å²) >= 11 is 0. The summed E-state index contributed by atoms with van der Waals surface area (Å²) in [5.74, 6) is 2.22. The second-order valence-electron chi connectivity index (χ2n) is 7.49. The van der Waals surface area contributed by atoms with Gasteiger partial charge in [-0.1, -0.05) is 31.9 Å². The second kappa shape index (κ2) is 10.8. The number of nitrogens with zero attached hydrogens (tertiary/aromatic N) is 2. The number of likely N-dealkylation sites (N-methyl/N-ethyl adjacent to an activating group) is 1. The Morgan fingerprint density at radius 3 is 2.56 bits per heavy atom. The number of carbonyl (C=O) groups is 1. The zero-order valence-corrected chi connectivity index (χ0v) is 17.1. The molecule has 6 heteroatoms. The normalized spacial score (nSPS) is 20.1. The molecule has 1 aliphatic rings. The van der Waals surface area contributed by atoms with Crippen molar-refractivity contribution < 1.29 is 9.53 Å². The molecule has 0 radical (unpaired) electrons. The van der Waals surface area contributed by atoms with E-state index in [4.69, 9.17) is 4.74 Å². The van der Waals surface area contributed by atoms with E-state index in [0.717, 1.165) is 31.1 Å². The van der Waals surface area contributed by atoms with Crippen LogP contribution in [0.4, 0.5) is 0 Å². The third-order valence-electron chi connectivity index (χ3n) is 5.17. The number of carbonyl (C=O) groups excluding carboxylic acids is 1. The van der Waals surface area contributed by atoms with Crippen LogP contribution in [-0.2, 0) is 11.2 Å². The summed E-state index contributed by atoms with van der Waals surface area (Å²) in [6.07, 6.45) is 5.83. The van der Waals surface area contributed by atoms with Crippen LogP contribution in [0.1, 0.15) is 38.2 Å². The lowest BCUT2D eigenvalue weighted by atomic mass is 9.86. The summed E-state index contributed by atoms with van der Waals surface area (Å²) in [7, 11) is 5.18. The highest BCUT2D eigenvalue weighted by Crippen LogP contribution is 2.23. The number of aliphatic imine (C=N–C) groups is 1. The van der Waals surface area contributed by atoms with Crippen molar-refractivity contribution in [1.29, 1.82) is 0 Å². The van der Waals surface area contributed by atoms with Crippen LogP contribution in [0.3, 0.4) is 0 Å². The molecule has 0 saturated heterocycles. The van der Waals surface area contributed by atoms with Crippen molar-refractivity contribution in [3.8, 4) is 5.75 Å². The van der Waals surface area contributed by atoms with Crippen LogP contribution in [0.25, 0.3) is 0 Å². The molecule has 0 spiro atoms. The highest BCUT2D eigenvalue weighted by atomic mass is 16.5. The third-order valence-corrected chi connectivity index (χ3v) is 5.17. The van der Waals surface area contributed by atoms with E-state index in [2.05, 4.69) is 34.7 Å². The smallest absolute Gasteiger partial charge is 0.243 e. The summed E-state index contributed by atoms with van der Waals surface area (Å²) in [6.45, 7) is 3.21. The summed E-state index contributed by atoms with van der Waals surface area (Å²) < 4.78 is 5.20. The van der Waals surface area contributed by atoms with Gasteiger partial charge in [0.25, 0.3) is 0 Å². The predicted octanol–water partition coefficient (Wildman–Crippen LogP) is 2.44. The minimum atomic E-state index is 0.00273. The first-order valence-corrected chi connectivity index (χ1v) is 9.87. The predicted molar refractivity (Wildman–Crippen MR) is 110 cm³/mol. The molecule has 27 heavy (non-hydrogen) atoms. The monoisotopic (exact) mass is 374 g/mol. The first-order chi connectivity index (χ1) is 13.0. The van der Waals surface area contributed by atoms with Crippen LogP contribution in [-0.4, -0.2) is 57.1 Å². The molecule has 0 bridgehead atoms. The Balaban J connectivity index is 1.93. The average Bonchev–Trinajstić information content (AvgIpc) is 2.67. The molecule has 6 nitrogen and oxygen atoms in total. The molecule has 0 heterocycles. The van der Waals surface area contributed by atoms with E-state index in [1.807, 2.05) is 12.1 Å². The number of benzene rings is 1. The molecular formula is C21H34N4O2. The fourth-order valence-electron chi connectivity index (χ4n) is 3.26. The van der Waals surface area contributed by atoms with E-state index >= 15 is 0 Å². The molecule has 2 atom stereocenters. The van der Waals surface area contributed by atoms with Gasteiger partial charge in [0.15, 0.2) is 5.96 Å². The Hall–Kier alpha value is -2.24. The van der Waals surface area contributed by atoms with Crippen molar-refractivity contribution >= 4 is 11.9 Å². The zero-order valence-electron chi connectivity index (χ0n) is 17.1. The van der Waals surface area contributed by atoms with E-state index in [1.54, 1.807) is 26.1 Å². The van der Waals surface area contributed by atoms with E-state index < -0.39 is 0 Å². The number of nitrogens with one attached hydrogen (secondary N) is 2. The molecule has 1 amide bonds. The summed E-state index contributed by atoms with van der Waals surface area (Å²) in [6, 6.07) is 8.51. The topological polar surface area (TPSA) is 66.0 Å².